The first-order valence-corrected chi connectivity index (χ1v) is 8.20. The van der Waals surface area contributed by atoms with E-state index in [9.17, 15) is 18.3 Å². The fraction of sp³-hybridized carbons (Fsp3) is 0.500. The van der Waals surface area contributed by atoms with Crippen LogP contribution in [0.3, 0.4) is 0 Å². The second kappa shape index (κ2) is 5.75. The zero-order valence-corrected chi connectivity index (χ0v) is 13.3. The number of hydrogen-bond acceptors (Lipinski definition) is 4. The van der Waals surface area contributed by atoms with E-state index in [4.69, 9.17) is 0 Å². The maximum atomic E-state index is 12.7. The Labute approximate surface area is 125 Å². The third kappa shape index (κ3) is 3.09. The SMILES string of the molecule is Cc1cc(C)c(S(=O)(=O)N2CCN(C)CC2)cc1C(=O)O. The van der Waals surface area contributed by atoms with Crippen molar-refractivity contribution < 1.29 is 18.3 Å². The molecular formula is C14H20N2O4S. The Balaban J connectivity index is 2.45. The Morgan fingerprint density at radius 2 is 1.67 bits per heavy atom. The Morgan fingerprint density at radius 1 is 1.10 bits per heavy atom. The van der Waals surface area contributed by atoms with Crippen molar-refractivity contribution in [3.8, 4) is 0 Å². The minimum absolute atomic E-state index is 0.0355. The molecular weight excluding hydrogens is 292 g/mol. The maximum absolute atomic E-state index is 12.7. The molecule has 0 radical (unpaired) electrons. The standard InChI is InChI=1S/C14H20N2O4S/c1-10-8-11(2)13(9-12(10)14(17)18)21(19,20)16-6-4-15(3)5-7-16/h8-9H,4-7H2,1-3H3,(H,17,18). The number of hydrogen-bond donors (Lipinski definition) is 1. The van der Waals surface area contributed by atoms with Crippen molar-refractivity contribution in [2.45, 2.75) is 18.7 Å². The summed E-state index contributed by atoms with van der Waals surface area (Å²) in [5, 5.41) is 9.18. The Hall–Kier alpha value is -1.44. The number of rotatable bonds is 3. The molecule has 0 atom stereocenters. The van der Waals surface area contributed by atoms with Crippen molar-refractivity contribution in [3.05, 3.63) is 28.8 Å². The molecule has 1 aliphatic heterocycles. The summed E-state index contributed by atoms with van der Waals surface area (Å²) in [7, 11) is -1.70. The maximum Gasteiger partial charge on any atom is 0.335 e. The summed E-state index contributed by atoms with van der Waals surface area (Å²) < 4.78 is 26.9. The van der Waals surface area contributed by atoms with Gasteiger partial charge in [-0.15, -0.1) is 0 Å². The molecule has 1 aromatic rings. The van der Waals surface area contributed by atoms with Crippen LogP contribution in [0.4, 0.5) is 0 Å². The van der Waals surface area contributed by atoms with Crippen molar-refractivity contribution in [1.29, 1.82) is 0 Å². The van der Waals surface area contributed by atoms with Crippen LogP contribution in [0.25, 0.3) is 0 Å². The zero-order chi connectivity index (χ0) is 15.8. The van der Waals surface area contributed by atoms with Gasteiger partial charge in [-0.2, -0.15) is 4.31 Å². The largest absolute Gasteiger partial charge is 0.478 e. The number of aryl methyl sites for hydroxylation is 2. The van der Waals surface area contributed by atoms with E-state index in [2.05, 4.69) is 4.90 Å². The third-order valence-electron chi connectivity index (χ3n) is 3.83. The van der Waals surface area contributed by atoms with Crippen molar-refractivity contribution >= 4 is 16.0 Å². The lowest BCUT2D eigenvalue weighted by atomic mass is 10.1. The zero-order valence-electron chi connectivity index (χ0n) is 12.5. The molecule has 1 aliphatic rings. The summed E-state index contributed by atoms with van der Waals surface area (Å²) in [6.45, 7) is 5.57. The van der Waals surface area contributed by atoms with Crippen LogP contribution in [0.2, 0.25) is 0 Å². The lowest BCUT2D eigenvalue weighted by molar-refractivity contribution is 0.0696. The molecule has 0 aliphatic carbocycles. The van der Waals surface area contributed by atoms with Gasteiger partial charge in [0, 0.05) is 26.2 Å². The number of carboxylic acid groups (broad SMARTS) is 1. The molecule has 0 saturated carbocycles. The lowest BCUT2D eigenvalue weighted by Crippen LogP contribution is -2.47. The van der Waals surface area contributed by atoms with E-state index in [1.165, 1.54) is 10.4 Å². The van der Waals surface area contributed by atoms with Gasteiger partial charge in [0.1, 0.15) is 0 Å². The first-order valence-electron chi connectivity index (χ1n) is 6.76. The monoisotopic (exact) mass is 312 g/mol. The van der Waals surface area contributed by atoms with Gasteiger partial charge in [-0.25, -0.2) is 13.2 Å². The van der Waals surface area contributed by atoms with Gasteiger partial charge in [-0.1, -0.05) is 6.07 Å². The highest BCUT2D eigenvalue weighted by molar-refractivity contribution is 7.89. The molecule has 21 heavy (non-hydrogen) atoms. The molecule has 0 aromatic heterocycles. The number of aromatic carboxylic acids is 1. The van der Waals surface area contributed by atoms with Crippen molar-refractivity contribution in [1.82, 2.24) is 9.21 Å². The highest BCUT2D eigenvalue weighted by Gasteiger charge is 2.29. The van der Waals surface area contributed by atoms with Gasteiger partial charge in [0.05, 0.1) is 10.5 Å². The van der Waals surface area contributed by atoms with E-state index < -0.39 is 16.0 Å². The fourth-order valence-corrected chi connectivity index (χ4v) is 4.16. The van der Waals surface area contributed by atoms with E-state index in [1.807, 2.05) is 7.05 Å². The molecule has 0 amide bonds. The van der Waals surface area contributed by atoms with Gasteiger partial charge in [0.2, 0.25) is 10.0 Å². The fourth-order valence-electron chi connectivity index (χ4n) is 2.51. The molecule has 2 rings (SSSR count). The average Bonchev–Trinajstić information content (AvgIpc) is 2.38. The van der Waals surface area contributed by atoms with Crippen LogP contribution in [-0.4, -0.2) is 61.9 Å². The van der Waals surface area contributed by atoms with Gasteiger partial charge in [0.15, 0.2) is 0 Å². The van der Waals surface area contributed by atoms with Gasteiger partial charge in [0.25, 0.3) is 0 Å². The average molecular weight is 312 g/mol. The molecule has 1 aromatic carbocycles. The minimum Gasteiger partial charge on any atom is -0.478 e. The van der Waals surface area contributed by atoms with Crippen LogP contribution >= 0.6 is 0 Å². The molecule has 1 fully saturated rings. The highest BCUT2D eigenvalue weighted by Crippen LogP contribution is 2.24. The van der Waals surface area contributed by atoms with E-state index in [0.717, 1.165) is 0 Å². The smallest absolute Gasteiger partial charge is 0.335 e. The van der Waals surface area contributed by atoms with Crippen LogP contribution in [-0.2, 0) is 10.0 Å². The molecule has 1 saturated heterocycles. The van der Waals surface area contributed by atoms with Gasteiger partial charge in [-0.3, -0.25) is 0 Å². The Kier molecular flexibility index (Phi) is 4.36. The first-order chi connectivity index (χ1) is 9.73. The highest BCUT2D eigenvalue weighted by atomic mass is 32.2. The number of benzene rings is 1. The summed E-state index contributed by atoms with van der Waals surface area (Å²) in [5.41, 5.74) is 1.18. The summed E-state index contributed by atoms with van der Waals surface area (Å²) >= 11 is 0. The third-order valence-corrected chi connectivity index (χ3v) is 5.87. The number of nitrogens with zero attached hydrogens (tertiary/aromatic N) is 2. The van der Waals surface area contributed by atoms with Crippen LogP contribution in [0.5, 0.6) is 0 Å². The van der Waals surface area contributed by atoms with E-state index in [-0.39, 0.29) is 10.5 Å². The molecule has 1 N–H and O–H groups in total. The molecule has 0 spiro atoms. The number of likely N-dealkylation sites (N-methyl/N-ethyl adjacent to an activating group) is 1. The van der Waals surface area contributed by atoms with Crippen molar-refractivity contribution in [2.24, 2.45) is 0 Å². The van der Waals surface area contributed by atoms with Crippen LogP contribution in [0.15, 0.2) is 17.0 Å². The molecule has 1 heterocycles. The summed E-state index contributed by atoms with van der Waals surface area (Å²) in [5.74, 6) is -1.11. The van der Waals surface area contributed by atoms with E-state index >= 15 is 0 Å². The molecule has 0 bridgehead atoms. The van der Waals surface area contributed by atoms with Gasteiger partial charge in [-0.05, 0) is 38.1 Å². The van der Waals surface area contributed by atoms with Crippen LogP contribution in [0, 0.1) is 13.8 Å². The van der Waals surface area contributed by atoms with Gasteiger partial charge >= 0.3 is 5.97 Å². The molecule has 116 valence electrons. The van der Waals surface area contributed by atoms with Crippen LogP contribution in [0.1, 0.15) is 21.5 Å². The number of piperazine rings is 1. The summed E-state index contributed by atoms with van der Waals surface area (Å²) in [6, 6.07) is 2.90. The second-order valence-corrected chi connectivity index (χ2v) is 7.35. The van der Waals surface area contributed by atoms with E-state index in [1.54, 1.807) is 19.9 Å². The van der Waals surface area contributed by atoms with Crippen molar-refractivity contribution in [3.63, 3.8) is 0 Å². The topological polar surface area (TPSA) is 77.9 Å². The summed E-state index contributed by atoms with van der Waals surface area (Å²) in [4.78, 5) is 13.4. The van der Waals surface area contributed by atoms with Crippen LogP contribution < -0.4 is 0 Å². The number of sulfonamides is 1. The second-order valence-electron chi connectivity index (χ2n) is 5.45. The summed E-state index contributed by atoms with van der Waals surface area (Å²) in [6.07, 6.45) is 0. The quantitative estimate of drug-likeness (QED) is 0.898. The number of carbonyl (C=O) groups is 1. The molecule has 6 nitrogen and oxygen atoms in total. The number of carboxylic acids is 1. The van der Waals surface area contributed by atoms with Gasteiger partial charge < -0.3 is 10.0 Å². The molecule has 0 unspecified atom stereocenters. The first kappa shape index (κ1) is 15.9. The van der Waals surface area contributed by atoms with E-state index in [0.29, 0.717) is 37.3 Å². The molecule has 7 heteroatoms. The van der Waals surface area contributed by atoms with Crippen molar-refractivity contribution in [2.75, 3.05) is 33.2 Å². The predicted molar refractivity (Wildman–Crippen MR) is 79.1 cm³/mol. The Bertz CT molecular complexity index is 662. The Morgan fingerprint density at radius 3 is 2.19 bits per heavy atom. The predicted octanol–water partition coefficient (Wildman–Crippen LogP) is 0.938. The normalized spacial score (nSPS) is 17.9. The lowest BCUT2D eigenvalue weighted by Gasteiger charge is -2.32. The minimum atomic E-state index is -3.65.